The molecule has 130 valence electrons. The fraction of sp³-hybridized carbons (Fsp3) is 0.412. The van der Waals surface area contributed by atoms with Crippen molar-refractivity contribution in [2.75, 3.05) is 18.0 Å². The highest BCUT2D eigenvalue weighted by Gasteiger charge is 2.18. The van der Waals surface area contributed by atoms with Crippen molar-refractivity contribution in [3.8, 4) is 0 Å². The van der Waals surface area contributed by atoms with E-state index in [9.17, 15) is 0 Å². The number of aryl methyl sites for hydroxylation is 3. The Hall–Kier alpha value is -2.41. The summed E-state index contributed by atoms with van der Waals surface area (Å²) in [5, 5.41) is 9.67. The zero-order valence-electron chi connectivity index (χ0n) is 14.6. The Kier molecular flexibility index (Phi) is 3.95. The van der Waals surface area contributed by atoms with Gasteiger partial charge < -0.3 is 4.90 Å². The minimum absolute atomic E-state index is 0.614. The van der Waals surface area contributed by atoms with Crippen molar-refractivity contribution in [3.63, 3.8) is 0 Å². The second-order valence-corrected chi connectivity index (χ2v) is 6.79. The number of pyridine rings is 1. The minimum atomic E-state index is 0.614. The van der Waals surface area contributed by atoms with Crippen LogP contribution in [0.4, 0.5) is 5.95 Å². The summed E-state index contributed by atoms with van der Waals surface area (Å²) in [4.78, 5) is 11.5. The molecule has 3 aromatic rings. The lowest BCUT2D eigenvalue weighted by Gasteiger charge is -2.14. The van der Waals surface area contributed by atoms with Crippen LogP contribution in [0.1, 0.15) is 35.7 Å². The quantitative estimate of drug-likeness (QED) is 0.721. The SMILES string of the molecule is Cc1cc(Cl)c(C)n2nc(/C=C/c3nc(N4CCCC4)n(C)n3)nc12. The molecule has 0 aliphatic carbocycles. The molecule has 0 amide bonds. The van der Waals surface area contributed by atoms with Gasteiger partial charge in [-0.25, -0.2) is 14.2 Å². The molecule has 1 aliphatic rings. The van der Waals surface area contributed by atoms with Gasteiger partial charge in [-0.15, -0.1) is 5.10 Å². The van der Waals surface area contributed by atoms with Gasteiger partial charge in [0.15, 0.2) is 17.3 Å². The molecule has 0 saturated carbocycles. The van der Waals surface area contributed by atoms with Crippen molar-refractivity contribution >= 4 is 35.3 Å². The van der Waals surface area contributed by atoms with Crippen molar-refractivity contribution in [2.24, 2.45) is 7.05 Å². The second kappa shape index (κ2) is 6.15. The molecular formula is C17H20ClN7. The highest BCUT2D eigenvalue weighted by Crippen LogP contribution is 2.21. The first-order valence-electron chi connectivity index (χ1n) is 8.39. The Labute approximate surface area is 150 Å². The van der Waals surface area contributed by atoms with E-state index in [-0.39, 0.29) is 0 Å². The first-order valence-corrected chi connectivity index (χ1v) is 8.77. The van der Waals surface area contributed by atoms with E-state index in [1.54, 1.807) is 4.52 Å². The Morgan fingerprint density at radius 3 is 2.44 bits per heavy atom. The van der Waals surface area contributed by atoms with Gasteiger partial charge in [0.05, 0.1) is 10.7 Å². The van der Waals surface area contributed by atoms with Crippen molar-refractivity contribution in [3.05, 3.63) is 34.0 Å². The highest BCUT2D eigenvalue weighted by atomic mass is 35.5. The van der Waals surface area contributed by atoms with Gasteiger partial charge in [-0.1, -0.05) is 11.6 Å². The molecule has 4 rings (SSSR count). The van der Waals surface area contributed by atoms with Gasteiger partial charge >= 0.3 is 0 Å². The number of hydrogen-bond acceptors (Lipinski definition) is 5. The lowest BCUT2D eigenvalue weighted by molar-refractivity contribution is 0.733. The monoisotopic (exact) mass is 357 g/mol. The molecule has 0 spiro atoms. The van der Waals surface area contributed by atoms with E-state index in [0.29, 0.717) is 16.7 Å². The smallest absolute Gasteiger partial charge is 0.224 e. The predicted molar refractivity (Wildman–Crippen MR) is 98.8 cm³/mol. The summed E-state index contributed by atoms with van der Waals surface area (Å²) in [7, 11) is 1.93. The molecule has 1 fully saturated rings. The summed E-state index contributed by atoms with van der Waals surface area (Å²) in [6.45, 7) is 6.00. The van der Waals surface area contributed by atoms with E-state index in [4.69, 9.17) is 11.6 Å². The van der Waals surface area contributed by atoms with E-state index < -0.39 is 0 Å². The number of anilines is 1. The van der Waals surface area contributed by atoms with Gasteiger partial charge in [0.2, 0.25) is 5.95 Å². The molecule has 4 heterocycles. The zero-order chi connectivity index (χ0) is 17.6. The highest BCUT2D eigenvalue weighted by molar-refractivity contribution is 6.31. The molecule has 0 N–H and O–H groups in total. The molecule has 7 nitrogen and oxygen atoms in total. The van der Waals surface area contributed by atoms with E-state index in [1.165, 1.54) is 12.8 Å². The van der Waals surface area contributed by atoms with E-state index in [2.05, 4.69) is 25.1 Å². The largest absolute Gasteiger partial charge is 0.341 e. The van der Waals surface area contributed by atoms with Crippen molar-refractivity contribution in [1.82, 2.24) is 29.4 Å². The maximum Gasteiger partial charge on any atom is 0.224 e. The zero-order valence-corrected chi connectivity index (χ0v) is 15.3. The summed E-state index contributed by atoms with van der Waals surface area (Å²) < 4.78 is 3.61. The third kappa shape index (κ3) is 2.89. The molecular weight excluding hydrogens is 338 g/mol. The van der Waals surface area contributed by atoms with Crippen molar-refractivity contribution in [2.45, 2.75) is 26.7 Å². The van der Waals surface area contributed by atoms with Crippen LogP contribution >= 0.6 is 11.6 Å². The molecule has 8 heteroatoms. The maximum atomic E-state index is 6.22. The van der Waals surface area contributed by atoms with Gasteiger partial charge in [-0.3, -0.25) is 0 Å². The Morgan fingerprint density at radius 1 is 1.04 bits per heavy atom. The van der Waals surface area contributed by atoms with Crippen LogP contribution in [0.15, 0.2) is 6.07 Å². The van der Waals surface area contributed by atoms with Gasteiger partial charge in [-0.05, 0) is 50.5 Å². The van der Waals surface area contributed by atoms with Crippen LogP contribution in [-0.4, -0.2) is 42.5 Å². The Bertz CT molecular complexity index is 963. The number of halogens is 1. The molecule has 0 aromatic carbocycles. The fourth-order valence-corrected chi connectivity index (χ4v) is 3.40. The average molecular weight is 358 g/mol. The molecule has 0 atom stereocenters. The second-order valence-electron chi connectivity index (χ2n) is 6.39. The average Bonchev–Trinajstić information content (AvgIpc) is 3.30. The van der Waals surface area contributed by atoms with E-state index in [1.807, 2.05) is 43.8 Å². The first-order chi connectivity index (χ1) is 12.0. The summed E-state index contributed by atoms with van der Waals surface area (Å²) >= 11 is 6.22. The maximum absolute atomic E-state index is 6.22. The van der Waals surface area contributed by atoms with Gasteiger partial charge in [0.1, 0.15) is 0 Å². The van der Waals surface area contributed by atoms with Gasteiger partial charge in [0.25, 0.3) is 0 Å². The number of aromatic nitrogens is 6. The standard InChI is InChI=1S/C17H20ClN7/c1-11-10-13(18)12(2)25-16(11)19-14(22-25)6-7-15-20-17(23(3)21-15)24-8-4-5-9-24/h6-7,10H,4-5,8-9H2,1-3H3/b7-6+. The lowest BCUT2D eigenvalue weighted by Crippen LogP contribution is -2.21. The van der Waals surface area contributed by atoms with E-state index in [0.717, 1.165) is 35.9 Å². The predicted octanol–water partition coefficient (Wildman–Crippen LogP) is 2.90. The van der Waals surface area contributed by atoms with Crippen LogP contribution in [0.25, 0.3) is 17.8 Å². The molecule has 0 radical (unpaired) electrons. The molecule has 1 aliphatic heterocycles. The summed E-state index contributed by atoms with van der Waals surface area (Å²) in [5.74, 6) is 2.19. The normalized spacial score (nSPS) is 15.1. The number of fused-ring (bicyclic) bond motifs is 1. The number of rotatable bonds is 3. The fourth-order valence-electron chi connectivity index (χ4n) is 3.16. The first kappa shape index (κ1) is 16.1. The van der Waals surface area contributed by atoms with Crippen LogP contribution in [-0.2, 0) is 7.05 Å². The molecule has 0 unspecified atom stereocenters. The van der Waals surface area contributed by atoms with Crippen LogP contribution in [0.3, 0.4) is 0 Å². The van der Waals surface area contributed by atoms with Crippen molar-refractivity contribution < 1.29 is 0 Å². The van der Waals surface area contributed by atoms with Gasteiger partial charge in [-0.2, -0.15) is 10.1 Å². The van der Waals surface area contributed by atoms with E-state index >= 15 is 0 Å². The van der Waals surface area contributed by atoms with Gasteiger partial charge in [0, 0.05) is 20.1 Å². The van der Waals surface area contributed by atoms with Crippen LogP contribution in [0, 0.1) is 13.8 Å². The topological polar surface area (TPSA) is 64.1 Å². The Balaban J connectivity index is 1.64. The Morgan fingerprint density at radius 2 is 1.72 bits per heavy atom. The third-order valence-corrected chi connectivity index (χ3v) is 4.89. The lowest BCUT2D eigenvalue weighted by atomic mass is 10.2. The van der Waals surface area contributed by atoms with Crippen LogP contribution < -0.4 is 4.90 Å². The molecule has 0 bridgehead atoms. The van der Waals surface area contributed by atoms with Crippen molar-refractivity contribution in [1.29, 1.82) is 0 Å². The molecule has 3 aromatic heterocycles. The summed E-state index contributed by atoms with van der Waals surface area (Å²) in [6, 6.07) is 1.91. The summed E-state index contributed by atoms with van der Waals surface area (Å²) in [6.07, 6.45) is 6.11. The minimum Gasteiger partial charge on any atom is -0.341 e. The third-order valence-electron chi connectivity index (χ3n) is 4.51. The van der Waals surface area contributed by atoms with Crippen LogP contribution in [0.2, 0.25) is 5.02 Å². The molecule has 1 saturated heterocycles. The number of hydrogen-bond donors (Lipinski definition) is 0. The molecule has 25 heavy (non-hydrogen) atoms. The summed E-state index contributed by atoms with van der Waals surface area (Å²) in [5.41, 5.74) is 2.69. The number of nitrogens with zero attached hydrogens (tertiary/aromatic N) is 7. The van der Waals surface area contributed by atoms with Crippen LogP contribution in [0.5, 0.6) is 0 Å².